The van der Waals surface area contributed by atoms with E-state index < -0.39 is 100 Å². The summed E-state index contributed by atoms with van der Waals surface area (Å²) < 4.78 is 40.5. The lowest BCUT2D eigenvalue weighted by molar-refractivity contribution is -0.318. The van der Waals surface area contributed by atoms with Gasteiger partial charge in [-0.2, -0.15) is 4.98 Å². The first-order valence-electron chi connectivity index (χ1n) is 11.6. The number of aliphatic hydroxyl groups excluding tert-OH is 5. The van der Waals surface area contributed by atoms with Gasteiger partial charge < -0.3 is 55.3 Å². The summed E-state index contributed by atoms with van der Waals surface area (Å²) in [5.41, 5.74) is 4.47. The van der Waals surface area contributed by atoms with Gasteiger partial charge in [0.1, 0.15) is 30.2 Å². The van der Waals surface area contributed by atoms with E-state index in [1.165, 1.54) is 13.0 Å². The number of aliphatic carboxylic acids is 1. The highest BCUT2D eigenvalue weighted by atomic mass is 31.2. The summed E-state index contributed by atoms with van der Waals surface area (Å²) in [6, 6.07) is 1.21. The zero-order chi connectivity index (χ0) is 28.6. The third-order valence-electron chi connectivity index (χ3n) is 6.11. The van der Waals surface area contributed by atoms with E-state index >= 15 is 0 Å². The molecule has 1 aromatic heterocycles. The normalized spacial score (nSPS) is 37.9. The van der Waals surface area contributed by atoms with E-state index in [1.54, 1.807) is 0 Å². The second-order valence-electron chi connectivity index (χ2n) is 8.75. The van der Waals surface area contributed by atoms with Crippen molar-refractivity contribution in [3.63, 3.8) is 0 Å². The maximum absolute atomic E-state index is 12.6. The number of phosphoric acid groups is 1. The zero-order valence-electron chi connectivity index (χ0n) is 20.3. The molecule has 0 saturated carbocycles. The second-order valence-corrected chi connectivity index (χ2v) is 10.1. The zero-order valence-corrected chi connectivity index (χ0v) is 20.2. The van der Waals surface area contributed by atoms with E-state index in [0.29, 0.717) is 0 Å². The molecule has 0 aromatic carbocycles. The Kier molecular flexibility index (Phi) is 8.32. The summed E-state index contributed by atoms with van der Waals surface area (Å²) in [5, 5.41) is 60.7. The van der Waals surface area contributed by atoms with Crippen LogP contribution in [-0.4, -0.2) is 101 Å². The molecule has 2 aliphatic heterocycles. The number of rotatable bonds is 9. The van der Waals surface area contributed by atoms with Crippen molar-refractivity contribution in [1.29, 1.82) is 0 Å². The minimum atomic E-state index is -5.64. The van der Waals surface area contributed by atoms with Crippen molar-refractivity contribution in [1.82, 2.24) is 9.55 Å². The van der Waals surface area contributed by atoms with Crippen LogP contribution in [0.25, 0.3) is 0 Å². The van der Waals surface area contributed by atoms with Gasteiger partial charge in [-0.3, -0.25) is 13.7 Å². The Morgan fingerprint density at radius 3 is 2.70 bits per heavy atom. The summed E-state index contributed by atoms with van der Waals surface area (Å²) in [7, 11) is -5.64. The molecule has 11 unspecified atom stereocenters. The fourth-order valence-corrected chi connectivity index (χ4v) is 4.92. The summed E-state index contributed by atoms with van der Waals surface area (Å²) in [4.78, 5) is 40.1. The summed E-state index contributed by atoms with van der Waals surface area (Å²) in [5.74, 6) is -6.22. The minimum absolute atomic E-state index is 0.121. The highest BCUT2D eigenvalue weighted by Gasteiger charge is 2.56. The highest BCUT2D eigenvalue weighted by Crippen LogP contribution is 2.49. The number of carboxylic acids is 1. The number of nitrogens with two attached hydrogens (primary N) is 1. The van der Waals surface area contributed by atoms with E-state index in [4.69, 9.17) is 16.6 Å². The Bertz CT molecular complexity index is 1110. The molecule has 0 bridgehead atoms. The number of aliphatic hydroxyl groups is 5. The SMILES string of the molecule is [2H]CC(O)C(O)C1OC(OP(=O)([O-])OCC2OC(n3ccc(N)nc3=O)C(O)C2O)(C(=O)O)CC(O)C1C. The maximum atomic E-state index is 12.6. The minimum Gasteiger partial charge on any atom is -0.756 e. The third-order valence-corrected chi connectivity index (χ3v) is 7.09. The van der Waals surface area contributed by atoms with Crippen LogP contribution in [0.2, 0.25) is 0 Å². The molecule has 2 fully saturated rings. The average Bonchev–Trinajstić information content (AvgIpc) is 3.12. The predicted molar refractivity (Wildman–Crippen MR) is 116 cm³/mol. The van der Waals surface area contributed by atoms with Crippen LogP contribution in [0.4, 0.5) is 5.82 Å². The lowest BCUT2D eigenvalue weighted by Crippen LogP contribution is -2.60. The number of phosphoric ester groups is 1. The van der Waals surface area contributed by atoms with Crippen LogP contribution in [0, 0.1) is 5.92 Å². The van der Waals surface area contributed by atoms with Crippen LogP contribution in [0.1, 0.15) is 27.8 Å². The molecule has 0 radical (unpaired) electrons. The molecule has 210 valence electrons. The third kappa shape index (κ3) is 6.18. The van der Waals surface area contributed by atoms with Gasteiger partial charge in [0, 0.05) is 19.9 Å². The van der Waals surface area contributed by atoms with E-state index in [2.05, 4.69) is 14.0 Å². The molecule has 11 atom stereocenters. The van der Waals surface area contributed by atoms with Crippen LogP contribution in [0.5, 0.6) is 0 Å². The first-order valence-corrected chi connectivity index (χ1v) is 12.4. The monoisotopic (exact) mass is 555 g/mol. The van der Waals surface area contributed by atoms with E-state index in [9.17, 15) is 49.7 Å². The summed E-state index contributed by atoms with van der Waals surface area (Å²) in [6.45, 7) is -0.370. The summed E-state index contributed by atoms with van der Waals surface area (Å²) in [6.07, 6.45) is -13.2. The number of nitrogens with zero attached hydrogens (tertiary/aromatic N) is 2. The summed E-state index contributed by atoms with van der Waals surface area (Å²) >= 11 is 0. The number of hydrogen-bond acceptors (Lipinski definition) is 15. The molecule has 37 heavy (non-hydrogen) atoms. The van der Waals surface area contributed by atoms with E-state index in [0.717, 1.165) is 10.8 Å². The lowest BCUT2D eigenvalue weighted by atomic mass is 9.85. The van der Waals surface area contributed by atoms with E-state index in [1.807, 2.05) is 0 Å². The Hall–Kier alpha value is -2.02. The Morgan fingerprint density at radius 2 is 2.11 bits per heavy atom. The molecule has 17 nitrogen and oxygen atoms in total. The fourth-order valence-electron chi connectivity index (χ4n) is 3.98. The van der Waals surface area contributed by atoms with Crippen molar-refractivity contribution < 1.29 is 64.8 Å². The van der Waals surface area contributed by atoms with Gasteiger partial charge in [-0.25, -0.2) is 9.59 Å². The largest absolute Gasteiger partial charge is 0.756 e. The number of nitrogen functional groups attached to an aromatic ring is 1. The Balaban J connectivity index is 1.74. The van der Waals surface area contributed by atoms with Crippen molar-refractivity contribution in [3.05, 3.63) is 22.7 Å². The van der Waals surface area contributed by atoms with Crippen LogP contribution in [-0.2, 0) is 27.9 Å². The molecule has 1 aromatic rings. The number of ether oxygens (including phenoxy) is 2. The van der Waals surface area contributed by atoms with Crippen LogP contribution >= 0.6 is 7.82 Å². The van der Waals surface area contributed by atoms with E-state index in [-0.39, 0.29) is 5.82 Å². The number of anilines is 1. The molecule has 0 spiro atoms. The predicted octanol–water partition coefficient (Wildman–Crippen LogP) is -3.75. The maximum Gasteiger partial charge on any atom is 0.364 e. The van der Waals surface area contributed by atoms with Gasteiger partial charge >= 0.3 is 11.7 Å². The van der Waals surface area contributed by atoms with Crippen molar-refractivity contribution >= 4 is 19.6 Å². The molecule has 3 heterocycles. The molecule has 0 amide bonds. The van der Waals surface area contributed by atoms with Gasteiger partial charge in [0.25, 0.3) is 13.6 Å². The van der Waals surface area contributed by atoms with Crippen molar-refractivity contribution in [2.45, 2.75) is 75.0 Å². The topological polar surface area (TPSA) is 276 Å². The first kappa shape index (κ1) is 28.0. The second kappa shape index (κ2) is 11.0. The molecule has 18 heteroatoms. The molecule has 8 N–H and O–H groups in total. The van der Waals surface area contributed by atoms with Gasteiger partial charge in [0.2, 0.25) is 0 Å². The van der Waals surface area contributed by atoms with Crippen LogP contribution < -0.4 is 16.3 Å². The Labute approximate surface area is 210 Å². The van der Waals surface area contributed by atoms with Crippen molar-refractivity contribution in [3.8, 4) is 0 Å². The van der Waals surface area contributed by atoms with Crippen molar-refractivity contribution in [2.24, 2.45) is 5.92 Å². The Morgan fingerprint density at radius 1 is 1.43 bits per heavy atom. The molecule has 2 aliphatic rings. The lowest BCUT2D eigenvalue weighted by Gasteiger charge is -2.46. The molecule has 2 saturated heterocycles. The molecule has 3 rings (SSSR count). The number of aromatic nitrogens is 2. The first-order chi connectivity index (χ1) is 17.6. The van der Waals surface area contributed by atoms with Gasteiger partial charge in [0.15, 0.2) is 6.23 Å². The van der Waals surface area contributed by atoms with Gasteiger partial charge in [0.05, 0.1) is 24.9 Å². The van der Waals surface area contributed by atoms with Gasteiger partial charge in [-0.15, -0.1) is 0 Å². The van der Waals surface area contributed by atoms with Gasteiger partial charge in [-0.05, 0) is 13.0 Å². The number of hydrogen-bond donors (Lipinski definition) is 7. The fraction of sp³-hybridized carbons (Fsp3) is 0.737. The molecule has 0 aliphatic carbocycles. The van der Waals surface area contributed by atoms with Crippen LogP contribution in [0.3, 0.4) is 0 Å². The average molecular weight is 555 g/mol. The highest BCUT2D eigenvalue weighted by molar-refractivity contribution is 7.45. The number of carbonyl (C=O) groups is 1. The molecular weight excluding hydrogens is 525 g/mol. The van der Waals surface area contributed by atoms with Gasteiger partial charge in [-0.1, -0.05) is 6.92 Å². The molecular formula is C19H29N3O14P-. The number of carboxylic acid groups (broad SMARTS) is 1. The smallest absolute Gasteiger partial charge is 0.364 e. The quantitative estimate of drug-likeness (QED) is 0.144. The standard InChI is InChI=1S/C19H30N3O14P/c1-7-9(24)5-19(17(28)29,35-15(7)12(25)8(2)23)36-37(31,32)33-6-10-13(26)14(27)16(34-10)22-4-3-11(20)21-18(22)30/h3-4,7-10,12-16,23-27H,5-6H2,1-2H3,(H,28,29)(H,31,32)(H2,20,21,30)/p-1/i2D. The van der Waals surface area contributed by atoms with Crippen molar-refractivity contribution in [2.75, 3.05) is 12.3 Å². The van der Waals surface area contributed by atoms with Crippen LogP contribution in [0.15, 0.2) is 17.1 Å².